The molecule has 4 aliphatic carbocycles. The summed E-state index contributed by atoms with van der Waals surface area (Å²) in [5.74, 6) is 0.890. The van der Waals surface area contributed by atoms with Crippen LogP contribution in [-0.2, 0) is 9.59 Å². The van der Waals surface area contributed by atoms with Gasteiger partial charge in [0.2, 0.25) is 5.91 Å². The fourth-order valence-corrected chi connectivity index (χ4v) is 9.39. The molecule has 4 rings (SSSR count). The van der Waals surface area contributed by atoms with Gasteiger partial charge in [-0.3, -0.25) is 14.7 Å². The van der Waals surface area contributed by atoms with E-state index in [9.17, 15) is 19.8 Å². The van der Waals surface area contributed by atoms with Crippen molar-refractivity contribution in [3.8, 4) is 0 Å². The van der Waals surface area contributed by atoms with E-state index in [0.717, 1.165) is 44.9 Å². The minimum Gasteiger partial charge on any atom is -0.481 e. The molecule has 0 aliphatic heterocycles. The first-order valence-electron chi connectivity index (χ1n) is 13.3. The lowest BCUT2D eigenvalue weighted by Crippen LogP contribution is -2.63. The van der Waals surface area contributed by atoms with Crippen molar-refractivity contribution >= 4 is 21.3 Å². The zero-order valence-electron chi connectivity index (χ0n) is 21.0. The number of aliphatic hydroxyl groups is 2. The number of aliphatic carboxylic acids is 1. The quantitative estimate of drug-likeness (QED) is 0.346. The van der Waals surface area contributed by atoms with Gasteiger partial charge in [-0.05, 0) is 97.7 Å². The molecule has 0 bridgehead atoms. The Kier molecular flexibility index (Phi) is 7.70. The third-order valence-electron chi connectivity index (χ3n) is 11.0. The summed E-state index contributed by atoms with van der Waals surface area (Å²) < 4.78 is 0. The molecule has 0 aromatic heterocycles. The Morgan fingerprint density at radius 1 is 1.09 bits per heavy atom. The first-order chi connectivity index (χ1) is 16.0. The van der Waals surface area contributed by atoms with Crippen molar-refractivity contribution in [2.45, 2.75) is 96.8 Å². The molecular formula is C26H45N2O5P. The van der Waals surface area contributed by atoms with Gasteiger partial charge in [0, 0.05) is 12.5 Å². The molecule has 12 atom stereocenters. The van der Waals surface area contributed by atoms with Crippen molar-refractivity contribution in [2.75, 3.05) is 6.54 Å². The number of rotatable bonds is 7. The number of amides is 1. The second-order valence-electron chi connectivity index (χ2n) is 12.4. The molecule has 5 N–H and O–H groups in total. The molecule has 0 spiro atoms. The Bertz CT molecular complexity index is 782. The highest BCUT2D eigenvalue weighted by Crippen LogP contribution is 2.68. The lowest BCUT2D eigenvalue weighted by molar-refractivity contribution is -0.202. The smallest absolute Gasteiger partial charge is 0.303 e. The maximum Gasteiger partial charge on any atom is 0.303 e. The van der Waals surface area contributed by atoms with Crippen molar-refractivity contribution in [3.63, 3.8) is 0 Å². The molecule has 8 heteroatoms. The second-order valence-corrected chi connectivity index (χ2v) is 12.8. The van der Waals surface area contributed by atoms with Crippen molar-refractivity contribution in [2.24, 2.45) is 46.3 Å². The Hall–Kier alpha value is -0.750. The molecule has 0 radical (unpaired) electrons. The minimum atomic E-state index is -0.755. The van der Waals surface area contributed by atoms with Crippen LogP contribution in [0.1, 0.15) is 78.6 Å². The third-order valence-corrected chi connectivity index (χ3v) is 11.2. The summed E-state index contributed by atoms with van der Waals surface area (Å²) in [6.07, 6.45) is 6.38. The molecular weight excluding hydrogens is 451 g/mol. The van der Waals surface area contributed by atoms with Crippen LogP contribution in [0.4, 0.5) is 0 Å². The largest absolute Gasteiger partial charge is 0.481 e. The second kappa shape index (κ2) is 9.95. The molecule has 7 nitrogen and oxygen atoms in total. The van der Waals surface area contributed by atoms with Gasteiger partial charge in [0.15, 0.2) is 0 Å². The van der Waals surface area contributed by atoms with E-state index in [1.807, 2.05) is 0 Å². The molecule has 0 heterocycles. The maximum atomic E-state index is 12.1. The standard InChI is InChI=1S/C26H45N2O5P/c1-14(4-7-23(32)33)17-5-6-18-24-19(12-21(30)26(17,18)3)25(2)9-8-16(28-22(31)13-27-34)10-15(25)11-20(24)29/h14-21,24,27,29-30H,4-13,34H2,1-3H3,(H,28,31)(H,32,33)/t14?,15-,16?,17+,18?,19-,20-,21-,24?,25?,26?/m0/s1. The summed E-state index contributed by atoms with van der Waals surface area (Å²) in [5, 5.41) is 38.3. The van der Waals surface area contributed by atoms with E-state index in [-0.39, 0.29) is 65.5 Å². The fourth-order valence-electron chi connectivity index (χ4n) is 9.21. The van der Waals surface area contributed by atoms with Gasteiger partial charge in [0.25, 0.3) is 0 Å². The van der Waals surface area contributed by atoms with Gasteiger partial charge in [0.05, 0.1) is 18.8 Å². The highest BCUT2D eigenvalue weighted by atomic mass is 31.0. The van der Waals surface area contributed by atoms with Crippen LogP contribution in [0, 0.1) is 46.3 Å². The molecule has 4 aliphatic rings. The van der Waals surface area contributed by atoms with Gasteiger partial charge < -0.3 is 20.6 Å². The van der Waals surface area contributed by atoms with Gasteiger partial charge in [0.1, 0.15) is 0 Å². The molecule has 0 aromatic rings. The van der Waals surface area contributed by atoms with Gasteiger partial charge in [-0.25, -0.2) is 0 Å². The predicted octanol–water partition coefficient (Wildman–Crippen LogP) is 2.95. The molecule has 7 unspecified atom stereocenters. The summed E-state index contributed by atoms with van der Waals surface area (Å²) in [4.78, 5) is 23.3. The fraction of sp³-hybridized carbons (Fsp3) is 0.923. The molecule has 1 amide bonds. The highest BCUT2D eigenvalue weighted by molar-refractivity contribution is 7.13. The van der Waals surface area contributed by atoms with E-state index in [1.165, 1.54) is 0 Å². The number of hydrogen-bond acceptors (Lipinski definition) is 5. The van der Waals surface area contributed by atoms with E-state index in [4.69, 9.17) is 5.11 Å². The third kappa shape index (κ3) is 4.44. The Balaban J connectivity index is 1.52. The van der Waals surface area contributed by atoms with Crippen LogP contribution in [0.2, 0.25) is 0 Å². The Morgan fingerprint density at radius 2 is 1.82 bits per heavy atom. The molecule has 4 fully saturated rings. The van der Waals surface area contributed by atoms with E-state index in [1.54, 1.807) is 0 Å². The van der Waals surface area contributed by atoms with Crippen molar-refractivity contribution in [3.05, 3.63) is 0 Å². The normalized spacial score (nSPS) is 46.6. The summed E-state index contributed by atoms with van der Waals surface area (Å²) in [7, 11) is 2.36. The molecule has 194 valence electrons. The predicted molar refractivity (Wildman–Crippen MR) is 134 cm³/mol. The maximum absolute atomic E-state index is 12.1. The monoisotopic (exact) mass is 496 g/mol. The van der Waals surface area contributed by atoms with Crippen LogP contribution < -0.4 is 10.4 Å². The lowest BCUT2D eigenvalue weighted by Gasteiger charge is -2.63. The summed E-state index contributed by atoms with van der Waals surface area (Å²) in [6, 6.07) is 0.150. The SMILES string of the molecule is CC(CCC(=O)O)[C@H]1CCC2C3[C@@H](O)C[C@@H]4CC(NC(=O)CNP)CCC4(C)[C@H]3C[C@H](O)C21C. The number of fused-ring (bicyclic) bond motifs is 5. The highest BCUT2D eigenvalue weighted by Gasteiger charge is 2.65. The Labute approximate surface area is 206 Å². The molecule has 34 heavy (non-hydrogen) atoms. The first kappa shape index (κ1) is 26.3. The zero-order chi connectivity index (χ0) is 24.8. The number of carbonyl (C=O) groups is 2. The number of carboxylic acid groups (broad SMARTS) is 1. The average Bonchev–Trinajstić information content (AvgIpc) is 3.12. The number of nitrogens with one attached hydrogen (secondary N) is 2. The van der Waals surface area contributed by atoms with Crippen molar-refractivity contribution in [1.29, 1.82) is 0 Å². The van der Waals surface area contributed by atoms with E-state index < -0.39 is 12.1 Å². The van der Waals surface area contributed by atoms with Gasteiger partial charge in [-0.1, -0.05) is 30.2 Å². The van der Waals surface area contributed by atoms with Crippen LogP contribution in [0.15, 0.2) is 0 Å². The van der Waals surface area contributed by atoms with E-state index >= 15 is 0 Å². The van der Waals surface area contributed by atoms with E-state index in [0.29, 0.717) is 18.3 Å². The number of carboxylic acids is 1. The van der Waals surface area contributed by atoms with Crippen LogP contribution in [-0.4, -0.2) is 52.0 Å². The van der Waals surface area contributed by atoms with Crippen LogP contribution >= 0.6 is 9.39 Å². The van der Waals surface area contributed by atoms with Gasteiger partial charge >= 0.3 is 5.97 Å². The van der Waals surface area contributed by atoms with Gasteiger partial charge in [-0.2, -0.15) is 0 Å². The number of aliphatic hydroxyl groups excluding tert-OH is 2. The van der Waals surface area contributed by atoms with E-state index in [2.05, 4.69) is 40.6 Å². The topological polar surface area (TPSA) is 119 Å². The summed E-state index contributed by atoms with van der Waals surface area (Å²) >= 11 is 0. The minimum absolute atomic E-state index is 0.00991. The molecule has 0 aromatic carbocycles. The average molecular weight is 497 g/mol. The van der Waals surface area contributed by atoms with Crippen molar-refractivity contribution < 1.29 is 24.9 Å². The molecule has 0 saturated heterocycles. The van der Waals surface area contributed by atoms with Gasteiger partial charge in [-0.15, -0.1) is 0 Å². The van der Waals surface area contributed by atoms with Crippen LogP contribution in [0.25, 0.3) is 0 Å². The first-order valence-corrected chi connectivity index (χ1v) is 13.9. The summed E-state index contributed by atoms with van der Waals surface area (Å²) in [6.45, 7) is 7.04. The lowest BCUT2D eigenvalue weighted by atomic mass is 9.43. The summed E-state index contributed by atoms with van der Waals surface area (Å²) in [5.41, 5.74) is -0.196. The van der Waals surface area contributed by atoms with Crippen LogP contribution in [0.3, 0.4) is 0 Å². The zero-order valence-corrected chi connectivity index (χ0v) is 22.2. The Morgan fingerprint density at radius 3 is 2.50 bits per heavy atom. The van der Waals surface area contributed by atoms with Crippen molar-refractivity contribution in [1.82, 2.24) is 10.4 Å². The van der Waals surface area contributed by atoms with Crippen LogP contribution in [0.5, 0.6) is 0 Å². The molecule has 4 saturated carbocycles. The number of hydrogen-bond donors (Lipinski definition) is 5. The number of carbonyl (C=O) groups excluding carboxylic acids is 1.